The summed E-state index contributed by atoms with van der Waals surface area (Å²) in [6, 6.07) is 0. The molecular formula is C5H10N2O7P2. The van der Waals surface area contributed by atoms with Crippen molar-refractivity contribution < 1.29 is 33.5 Å². The van der Waals surface area contributed by atoms with Gasteiger partial charge >= 0.3 is 15.2 Å². The molecule has 0 aromatic carbocycles. The predicted octanol–water partition coefficient (Wildman–Crippen LogP) is -0.659. The van der Waals surface area contributed by atoms with Crippen molar-refractivity contribution in [1.29, 1.82) is 0 Å². The molecule has 0 aliphatic heterocycles. The maximum atomic E-state index is 11.5. The van der Waals surface area contributed by atoms with Crippen molar-refractivity contribution in [2.45, 2.75) is 12.0 Å². The lowest BCUT2D eigenvalue weighted by Gasteiger charge is -2.27. The van der Waals surface area contributed by atoms with E-state index in [2.05, 4.69) is 9.61 Å². The highest BCUT2D eigenvalue weighted by Crippen LogP contribution is 2.68. The van der Waals surface area contributed by atoms with Gasteiger partial charge in [-0.3, -0.25) is 4.57 Å². The van der Waals surface area contributed by atoms with Gasteiger partial charge in [-0.05, 0) is 6.92 Å². The summed E-state index contributed by atoms with van der Waals surface area (Å²) in [4.78, 5) is 30.2. The second-order valence-electron chi connectivity index (χ2n) is 3.04. The Kier molecular flexibility index (Phi) is 3.31. The molecule has 11 heteroatoms. The van der Waals surface area contributed by atoms with Gasteiger partial charge in [0, 0.05) is 6.20 Å². The molecule has 0 radical (unpaired) electrons. The molecule has 2 atom stereocenters. The van der Waals surface area contributed by atoms with E-state index in [0.717, 1.165) is 12.5 Å². The summed E-state index contributed by atoms with van der Waals surface area (Å²) >= 11 is 0. The molecule has 4 N–H and O–H groups in total. The number of hydrogen-bond acceptors (Lipinski definition) is 5. The Hall–Kier alpha value is -0.690. The molecule has 92 valence electrons. The van der Waals surface area contributed by atoms with Crippen LogP contribution >= 0.6 is 15.2 Å². The lowest BCUT2D eigenvalue weighted by molar-refractivity contribution is 0.122. The van der Waals surface area contributed by atoms with E-state index in [9.17, 15) is 19.1 Å². The molecule has 0 fully saturated rings. The fourth-order valence-corrected chi connectivity index (χ4v) is 2.60. The summed E-state index contributed by atoms with van der Waals surface area (Å²) in [5.74, 6) is 0. The number of aromatic nitrogens is 2. The van der Waals surface area contributed by atoms with Gasteiger partial charge in [-0.15, -0.1) is 0 Å². The molecule has 0 amide bonds. The minimum Gasteiger partial charge on any atom is -0.367 e. The molecule has 0 spiro atoms. The van der Waals surface area contributed by atoms with Crippen LogP contribution in [0.2, 0.25) is 0 Å². The smallest absolute Gasteiger partial charge is 0.367 e. The van der Waals surface area contributed by atoms with Gasteiger partial charge in [0.25, 0.3) is 5.08 Å². The monoisotopic (exact) mass is 272 g/mol. The van der Waals surface area contributed by atoms with Gasteiger partial charge in [0.2, 0.25) is 0 Å². The van der Waals surface area contributed by atoms with E-state index in [0.29, 0.717) is 11.7 Å². The van der Waals surface area contributed by atoms with Gasteiger partial charge in [0.05, 0.1) is 6.20 Å². The van der Waals surface area contributed by atoms with E-state index < -0.39 is 20.3 Å². The number of imidazole rings is 1. The predicted molar refractivity (Wildman–Crippen MR) is 51.3 cm³/mol. The highest BCUT2D eigenvalue weighted by atomic mass is 31.2. The zero-order valence-corrected chi connectivity index (χ0v) is 9.82. The molecule has 9 nitrogen and oxygen atoms in total. The number of rotatable bonds is 4. The largest absolute Gasteiger partial charge is 0.438 e. The van der Waals surface area contributed by atoms with Crippen LogP contribution in [0.3, 0.4) is 0 Å². The molecule has 0 aliphatic rings. The van der Waals surface area contributed by atoms with Crippen LogP contribution in [-0.4, -0.2) is 34.6 Å². The molecule has 0 aliphatic carbocycles. The quantitative estimate of drug-likeness (QED) is 0.529. The van der Waals surface area contributed by atoms with Crippen molar-refractivity contribution in [2.24, 2.45) is 0 Å². The van der Waals surface area contributed by atoms with E-state index in [1.54, 1.807) is 0 Å². The second-order valence-corrected chi connectivity index (χ2v) is 7.43. The van der Waals surface area contributed by atoms with Gasteiger partial charge in [0.1, 0.15) is 6.33 Å². The van der Waals surface area contributed by atoms with Crippen LogP contribution in [0.15, 0.2) is 18.7 Å². The Labute approximate surface area is 90.0 Å². The van der Waals surface area contributed by atoms with Crippen LogP contribution in [0, 0.1) is 0 Å². The summed E-state index contributed by atoms with van der Waals surface area (Å²) < 4.78 is 27.3. The highest BCUT2D eigenvalue weighted by molar-refractivity contribution is 7.72. The third kappa shape index (κ3) is 2.35. The molecule has 16 heavy (non-hydrogen) atoms. The molecule has 0 saturated carbocycles. The third-order valence-corrected chi connectivity index (χ3v) is 5.90. The van der Waals surface area contributed by atoms with Crippen molar-refractivity contribution in [2.75, 3.05) is 0 Å². The summed E-state index contributed by atoms with van der Waals surface area (Å²) in [5.41, 5.74) is 0. The van der Waals surface area contributed by atoms with Crippen molar-refractivity contribution in [3.05, 3.63) is 18.7 Å². The highest BCUT2D eigenvalue weighted by Gasteiger charge is 2.58. The SMILES string of the molecule is CC(O)(P(=O)(O)O)P(=O)(O)On1ccnc1. The van der Waals surface area contributed by atoms with E-state index in [1.807, 2.05) is 0 Å². The Morgan fingerprint density at radius 2 is 1.94 bits per heavy atom. The van der Waals surface area contributed by atoms with Gasteiger partial charge < -0.3 is 24.4 Å². The normalized spacial score (nSPS) is 19.8. The molecule has 1 rings (SSSR count). The molecule has 0 saturated heterocycles. The maximum absolute atomic E-state index is 11.5. The minimum atomic E-state index is -5.22. The lowest BCUT2D eigenvalue weighted by atomic mass is 10.9. The van der Waals surface area contributed by atoms with Crippen molar-refractivity contribution >= 4 is 15.2 Å². The molecule has 0 bridgehead atoms. The Balaban J connectivity index is 3.03. The van der Waals surface area contributed by atoms with Crippen LogP contribution in [0.5, 0.6) is 0 Å². The summed E-state index contributed by atoms with van der Waals surface area (Å²) in [6.07, 6.45) is 3.32. The Morgan fingerprint density at radius 3 is 2.31 bits per heavy atom. The van der Waals surface area contributed by atoms with Crippen LogP contribution in [0.1, 0.15) is 6.92 Å². The molecule has 1 heterocycles. The zero-order chi connectivity index (χ0) is 12.6. The lowest BCUT2D eigenvalue weighted by Crippen LogP contribution is -2.29. The summed E-state index contributed by atoms with van der Waals surface area (Å²) in [7, 11) is -10.2. The van der Waals surface area contributed by atoms with Gasteiger partial charge in [0.15, 0.2) is 0 Å². The summed E-state index contributed by atoms with van der Waals surface area (Å²) in [5, 5.41) is 6.15. The average Bonchev–Trinajstić information content (AvgIpc) is 2.53. The molecule has 1 aromatic rings. The first-order valence-corrected chi connectivity index (χ1v) is 7.06. The van der Waals surface area contributed by atoms with Crippen LogP contribution in [-0.2, 0) is 9.13 Å². The third-order valence-electron chi connectivity index (χ3n) is 1.77. The number of hydrogen-bond donors (Lipinski definition) is 4. The molecule has 1 aromatic heterocycles. The number of aliphatic hydroxyl groups is 1. The molecular weight excluding hydrogens is 262 g/mol. The van der Waals surface area contributed by atoms with Crippen molar-refractivity contribution in [3.8, 4) is 0 Å². The first kappa shape index (κ1) is 13.4. The Bertz CT molecular complexity index is 449. The van der Waals surface area contributed by atoms with Crippen LogP contribution in [0.4, 0.5) is 0 Å². The summed E-state index contributed by atoms with van der Waals surface area (Å²) in [6.45, 7) is 0.519. The fraction of sp³-hybridized carbons (Fsp3) is 0.400. The van der Waals surface area contributed by atoms with Gasteiger partial charge in [-0.25, -0.2) is 9.55 Å². The van der Waals surface area contributed by atoms with Gasteiger partial charge in [-0.2, -0.15) is 4.73 Å². The Morgan fingerprint density at radius 1 is 1.38 bits per heavy atom. The maximum Gasteiger partial charge on any atom is 0.438 e. The van der Waals surface area contributed by atoms with E-state index >= 15 is 0 Å². The number of nitrogens with zero attached hydrogens (tertiary/aromatic N) is 2. The fourth-order valence-electron chi connectivity index (χ4n) is 0.665. The van der Waals surface area contributed by atoms with E-state index in [-0.39, 0.29) is 0 Å². The van der Waals surface area contributed by atoms with Gasteiger partial charge in [-0.1, -0.05) is 0 Å². The first-order chi connectivity index (χ1) is 7.08. The van der Waals surface area contributed by atoms with Crippen LogP contribution < -0.4 is 4.62 Å². The topological polar surface area (TPSA) is 142 Å². The second kappa shape index (κ2) is 3.96. The van der Waals surface area contributed by atoms with Crippen molar-refractivity contribution in [1.82, 2.24) is 9.71 Å². The first-order valence-electron chi connectivity index (χ1n) is 3.87. The minimum absolute atomic E-state index is 0.519. The van der Waals surface area contributed by atoms with Crippen molar-refractivity contribution in [3.63, 3.8) is 0 Å². The zero-order valence-electron chi connectivity index (χ0n) is 8.03. The molecule has 2 unspecified atom stereocenters. The van der Waals surface area contributed by atoms with E-state index in [1.165, 1.54) is 6.20 Å². The standard InChI is InChI=1S/C5H10N2O7P2/c1-5(8,15(9,10)11)16(12,13)14-7-3-2-6-4-7/h2-4,8H,1H3,(H,12,13)(H2,9,10,11). The average molecular weight is 272 g/mol. The van der Waals surface area contributed by atoms with Crippen LogP contribution in [0.25, 0.3) is 0 Å². The van der Waals surface area contributed by atoms with E-state index in [4.69, 9.17) is 9.79 Å².